The van der Waals surface area contributed by atoms with Crippen LogP contribution in [0.5, 0.6) is 0 Å². The molecule has 4 atom stereocenters. The number of hydrogen-bond donors (Lipinski definition) is 1. The summed E-state index contributed by atoms with van der Waals surface area (Å²) in [5.74, 6) is -3.56. The summed E-state index contributed by atoms with van der Waals surface area (Å²) < 4.78 is 10.8. The lowest BCUT2D eigenvalue weighted by Crippen LogP contribution is -2.47. The van der Waals surface area contributed by atoms with Crippen molar-refractivity contribution in [2.45, 2.75) is 25.8 Å². The average Bonchev–Trinajstić information content (AvgIpc) is 2.67. The van der Waals surface area contributed by atoms with Crippen molar-refractivity contribution < 1.29 is 23.9 Å². The van der Waals surface area contributed by atoms with Crippen molar-refractivity contribution >= 4 is 35.4 Å². The number of Topliss-reactive ketones (excluding diaryl/α,β-unsaturated/α-hetero) is 1. The Morgan fingerprint density at radius 1 is 1.32 bits per heavy atom. The van der Waals surface area contributed by atoms with Gasteiger partial charge in [-0.05, 0) is 25.5 Å². The summed E-state index contributed by atoms with van der Waals surface area (Å²) in [6.07, 6.45) is 0.276. The van der Waals surface area contributed by atoms with E-state index in [0.29, 0.717) is 29.4 Å². The summed E-state index contributed by atoms with van der Waals surface area (Å²) >= 11 is 6.40. The fraction of sp³-hybridized carbons (Fsp3) is 0.500. The van der Waals surface area contributed by atoms with Crippen LogP contribution in [0.25, 0.3) is 0 Å². The monoisotopic (exact) mass is 408 g/mol. The second-order valence-corrected chi connectivity index (χ2v) is 6.93. The molecule has 7 nitrogen and oxygen atoms in total. The molecule has 1 aromatic carbocycles. The number of nitrogens with two attached hydrogens (primary N) is 1. The first kappa shape index (κ1) is 22.2. The molecule has 1 aliphatic rings. The quantitative estimate of drug-likeness (QED) is 0.289. The normalized spacial score (nSPS) is 24.4. The van der Waals surface area contributed by atoms with E-state index in [0.717, 1.165) is 0 Å². The van der Waals surface area contributed by atoms with Crippen LogP contribution in [0.2, 0.25) is 5.02 Å². The molecule has 1 aromatic rings. The Hall–Kier alpha value is -2.09. The van der Waals surface area contributed by atoms with E-state index in [1.54, 1.807) is 38.1 Å². The lowest BCUT2D eigenvalue weighted by atomic mass is 9.68. The molecule has 4 unspecified atom stereocenters. The highest BCUT2D eigenvalue weighted by atomic mass is 35.5. The van der Waals surface area contributed by atoms with Crippen LogP contribution >= 0.6 is 11.6 Å². The van der Waals surface area contributed by atoms with E-state index in [9.17, 15) is 14.4 Å². The predicted molar refractivity (Wildman–Crippen MR) is 106 cm³/mol. The number of nitrogens with zero attached hydrogens (tertiary/aromatic N) is 1. The fourth-order valence-electron chi connectivity index (χ4n) is 3.65. The van der Waals surface area contributed by atoms with Gasteiger partial charge in [0.1, 0.15) is 5.92 Å². The number of carbonyl (C=O) groups is 3. The number of esters is 1. The van der Waals surface area contributed by atoms with E-state index in [4.69, 9.17) is 26.8 Å². The number of halogens is 1. The minimum atomic E-state index is -0.886. The Morgan fingerprint density at radius 3 is 2.64 bits per heavy atom. The van der Waals surface area contributed by atoms with Gasteiger partial charge in [-0.2, -0.15) is 0 Å². The van der Waals surface area contributed by atoms with Crippen LogP contribution in [0.3, 0.4) is 0 Å². The molecule has 0 aromatic heterocycles. The Balaban J connectivity index is 2.60. The average molecular weight is 409 g/mol. The van der Waals surface area contributed by atoms with E-state index < -0.39 is 35.5 Å². The van der Waals surface area contributed by atoms with Crippen LogP contribution < -0.4 is 5.73 Å². The molecule has 0 spiro atoms. The predicted octanol–water partition coefficient (Wildman–Crippen LogP) is 1.81. The van der Waals surface area contributed by atoms with Gasteiger partial charge in [0.05, 0.1) is 37.5 Å². The molecular formula is C20H25ClN2O5. The maximum Gasteiger partial charge on any atom is 0.315 e. The van der Waals surface area contributed by atoms with E-state index in [2.05, 4.69) is 4.99 Å². The van der Waals surface area contributed by atoms with Gasteiger partial charge in [-0.1, -0.05) is 29.8 Å². The highest BCUT2D eigenvalue weighted by Crippen LogP contribution is 2.43. The summed E-state index contributed by atoms with van der Waals surface area (Å²) in [5, 5.41) is 0.404. The molecule has 1 heterocycles. The molecule has 28 heavy (non-hydrogen) atoms. The zero-order valence-electron chi connectivity index (χ0n) is 16.0. The van der Waals surface area contributed by atoms with Crippen molar-refractivity contribution in [3.05, 3.63) is 34.9 Å². The second kappa shape index (κ2) is 10.5. The SMILES string of the molecule is CCOC(=O)C1C(COCCN)=NC(C)C(C(=O)C=O)C1c1ccccc1Cl. The molecule has 2 rings (SSSR count). The molecule has 0 bridgehead atoms. The van der Waals surface area contributed by atoms with Gasteiger partial charge >= 0.3 is 5.97 Å². The number of benzene rings is 1. The van der Waals surface area contributed by atoms with Crippen molar-refractivity contribution in [3.63, 3.8) is 0 Å². The summed E-state index contributed by atoms with van der Waals surface area (Å²) in [5.41, 5.74) is 6.53. The number of aldehydes is 1. The van der Waals surface area contributed by atoms with E-state index >= 15 is 0 Å². The van der Waals surface area contributed by atoms with Gasteiger partial charge in [-0.25, -0.2) is 0 Å². The molecule has 0 saturated carbocycles. The number of ketones is 1. The van der Waals surface area contributed by atoms with Crippen molar-refractivity contribution in [3.8, 4) is 0 Å². The first-order valence-electron chi connectivity index (χ1n) is 9.20. The number of carbonyl (C=O) groups excluding carboxylic acids is 3. The van der Waals surface area contributed by atoms with Crippen molar-refractivity contribution in [1.82, 2.24) is 0 Å². The summed E-state index contributed by atoms with van der Waals surface area (Å²) in [6.45, 7) is 4.31. The zero-order valence-corrected chi connectivity index (χ0v) is 16.7. The van der Waals surface area contributed by atoms with Crippen LogP contribution in [0.4, 0.5) is 0 Å². The van der Waals surface area contributed by atoms with E-state index in [1.165, 1.54) is 0 Å². The third-order valence-corrected chi connectivity index (χ3v) is 5.10. The standard InChI is InChI=1S/C20H25ClN2O5/c1-3-28-20(26)19-15(11-27-9-8-22)23-12(2)17(16(25)10-24)18(19)13-6-4-5-7-14(13)21/h4-7,10,12,17-19H,3,8-9,11,22H2,1-2H3. The molecule has 8 heteroatoms. The summed E-state index contributed by atoms with van der Waals surface area (Å²) in [4.78, 5) is 41.2. The molecule has 0 amide bonds. The van der Waals surface area contributed by atoms with Gasteiger partial charge in [0.15, 0.2) is 6.29 Å². The molecular weight excluding hydrogens is 384 g/mol. The first-order chi connectivity index (χ1) is 13.5. The number of rotatable bonds is 9. The highest BCUT2D eigenvalue weighted by Gasteiger charge is 2.48. The van der Waals surface area contributed by atoms with Gasteiger partial charge in [0.2, 0.25) is 5.78 Å². The Labute approximate surface area is 169 Å². The lowest BCUT2D eigenvalue weighted by molar-refractivity contribution is -0.147. The van der Waals surface area contributed by atoms with E-state index in [1.807, 2.05) is 0 Å². The van der Waals surface area contributed by atoms with Crippen LogP contribution in [0.15, 0.2) is 29.3 Å². The van der Waals surface area contributed by atoms with Gasteiger partial charge in [-0.3, -0.25) is 19.4 Å². The molecule has 0 fully saturated rings. The van der Waals surface area contributed by atoms with Crippen molar-refractivity contribution in [1.29, 1.82) is 0 Å². The molecule has 1 aliphatic heterocycles. The molecule has 152 valence electrons. The smallest absolute Gasteiger partial charge is 0.315 e. The van der Waals surface area contributed by atoms with Crippen molar-refractivity contribution in [2.75, 3.05) is 26.4 Å². The van der Waals surface area contributed by atoms with Crippen LogP contribution in [-0.4, -0.2) is 56.2 Å². The zero-order chi connectivity index (χ0) is 20.7. The summed E-state index contributed by atoms with van der Waals surface area (Å²) in [7, 11) is 0. The van der Waals surface area contributed by atoms with Gasteiger partial charge in [0, 0.05) is 17.5 Å². The molecule has 0 saturated heterocycles. The number of aliphatic imine (C=N–C) groups is 1. The maximum atomic E-state index is 12.9. The van der Waals surface area contributed by atoms with Gasteiger partial charge < -0.3 is 15.2 Å². The second-order valence-electron chi connectivity index (χ2n) is 6.53. The minimum Gasteiger partial charge on any atom is -0.465 e. The van der Waals surface area contributed by atoms with Crippen LogP contribution in [0, 0.1) is 11.8 Å². The Morgan fingerprint density at radius 2 is 2.04 bits per heavy atom. The topological polar surface area (TPSA) is 108 Å². The van der Waals surface area contributed by atoms with Crippen LogP contribution in [-0.2, 0) is 23.9 Å². The Bertz CT molecular complexity index is 752. The minimum absolute atomic E-state index is 0.0774. The fourth-order valence-corrected chi connectivity index (χ4v) is 3.91. The molecule has 0 aliphatic carbocycles. The largest absolute Gasteiger partial charge is 0.465 e. The van der Waals surface area contributed by atoms with Crippen LogP contribution in [0.1, 0.15) is 25.3 Å². The lowest BCUT2D eigenvalue weighted by Gasteiger charge is -2.38. The van der Waals surface area contributed by atoms with Gasteiger partial charge in [0.25, 0.3) is 0 Å². The maximum absolute atomic E-state index is 12.9. The Kier molecular flexibility index (Phi) is 8.29. The van der Waals surface area contributed by atoms with E-state index in [-0.39, 0.29) is 19.5 Å². The highest BCUT2D eigenvalue weighted by molar-refractivity contribution is 6.32. The molecule has 0 radical (unpaired) electrons. The third kappa shape index (κ3) is 4.84. The van der Waals surface area contributed by atoms with Crippen molar-refractivity contribution in [2.24, 2.45) is 22.6 Å². The number of hydrogen-bond acceptors (Lipinski definition) is 7. The number of ether oxygens (including phenoxy) is 2. The summed E-state index contributed by atoms with van der Waals surface area (Å²) in [6, 6.07) is 6.44. The molecule has 2 N–H and O–H groups in total. The third-order valence-electron chi connectivity index (χ3n) is 4.76. The van der Waals surface area contributed by atoms with Gasteiger partial charge in [-0.15, -0.1) is 0 Å². The first-order valence-corrected chi connectivity index (χ1v) is 9.58.